The molecule has 8 heteroatoms. The highest BCUT2D eigenvalue weighted by Gasteiger charge is 2.28. The number of rotatable bonds is 7. The molecule has 0 saturated heterocycles. The van der Waals surface area contributed by atoms with Crippen molar-refractivity contribution < 1.29 is 23.6 Å². The molecule has 2 aromatic carbocycles. The molecule has 2 heterocycles. The fourth-order valence-electron chi connectivity index (χ4n) is 3.54. The Morgan fingerprint density at radius 1 is 1.22 bits per heavy atom. The molecule has 0 spiro atoms. The first-order valence-corrected chi connectivity index (χ1v) is 10.4. The van der Waals surface area contributed by atoms with Crippen molar-refractivity contribution in [3.63, 3.8) is 0 Å². The zero-order valence-electron chi connectivity index (χ0n) is 18.3. The molecule has 2 amide bonds. The number of nitrogens with one attached hydrogen (secondary N) is 1. The number of nitrogens with zero attached hydrogens (tertiary/aromatic N) is 2. The summed E-state index contributed by atoms with van der Waals surface area (Å²) in [5, 5.41) is 6.78. The van der Waals surface area contributed by atoms with Crippen molar-refractivity contribution >= 4 is 23.2 Å². The van der Waals surface area contributed by atoms with E-state index in [1.54, 1.807) is 23.1 Å². The SMILES string of the molecule is CCc1cccc(OCC(=O)Nc2ccc3c(c2)N(Cc2c(C)noc2C)C(=O)CO3)c1. The molecule has 32 heavy (non-hydrogen) atoms. The molecule has 0 saturated carbocycles. The molecular formula is C24H25N3O5. The van der Waals surface area contributed by atoms with Crippen LogP contribution in [0, 0.1) is 13.8 Å². The number of anilines is 2. The Morgan fingerprint density at radius 2 is 2.06 bits per heavy atom. The minimum atomic E-state index is -0.299. The largest absolute Gasteiger partial charge is 0.484 e. The van der Waals surface area contributed by atoms with Crippen molar-refractivity contribution in [1.82, 2.24) is 5.16 Å². The van der Waals surface area contributed by atoms with Crippen LogP contribution < -0.4 is 19.7 Å². The van der Waals surface area contributed by atoms with Gasteiger partial charge in [-0.05, 0) is 56.2 Å². The van der Waals surface area contributed by atoms with E-state index in [2.05, 4.69) is 17.4 Å². The zero-order chi connectivity index (χ0) is 22.7. The van der Waals surface area contributed by atoms with E-state index in [9.17, 15) is 9.59 Å². The fraction of sp³-hybridized carbons (Fsp3) is 0.292. The highest BCUT2D eigenvalue weighted by Crippen LogP contribution is 2.36. The van der Waals surface area contributed by atoms with Crippen molar-refractivity contribution in [3.8, 4) is 11.5 Å². The number of hydrogen-bond acceptors (Lipinski definition) is 6. The minimum absolute atomic E-state index is 0.0489. The van der Waals surface area contributed by atoms with Crippen LogP contribution in [0.1, 0.15) is 29.5 Å². The number of fused-ring (bicyclic) bond motifs is 1. The lowest BCUT2D eigenvalue weighted by Gasteiger charge is -2.29. The lowest BCUT2D eigenvalue weighted by atomic mass is 10.1. The highest BCUT2D eigenvalue weighted by atomic mass is 16.5. The van der Waals surface area contributed by atoms with E-state index in [1.807, 2.05) is 38.1 Å². The predicted molar refractivity (Wildman–Crippen MR) is 119 cm³/mol. The van der Waals surface area contributed by atoms with Crippen LogP contribution in [0.5, 0.6) is 11.5 Å². The number of carbonyl (C=O) groups is 2. The van der Waals surface area contributed by atoms with Gasteiger partial charge in [0.2, 0.25) is 0 Å². The molecule has 166 valence electrons. The van der Waals surface area contributed by atoms with Crippen LogP contribution in [-0.2, 0) is 22.6 Å². The number of aryl methyl sites for hydroxylation is 3. The van der Waals surface area contributed by atoms with Crippen molar-refractivity contribution in [2.75, 3.05) is 23.4 Å². The van der Waals surface area contributed by atoms with Gasteiger partial charge in [0.1, 0.15) is 17.3 Å². The van der Waals surface area contributed by atoms with Gasteiger partial charge in [0.25, 0.3) is 11.8 Å². The van der Waals surface area contributed by atoms with Gasteiger partial charge in [-0.15, -0.1) is 0 Å². The molecular weight excluding hydrogens is 410 g/mol. The molecule has 3 aromatic rings. The maximum Gasteiger partial charge on any atom is 0.265 e. The van der Waals surface area contributed by atoms with Gasteiger partial charge in [-0.25, -0.2) is 0 Å². The van der Waals surface area contributed by atoms with Crippen molar-refractivity contribution in [1.29, 1.82) is 0 Å². The number of benzene rings is 2. The molecule has 0 bridgehead atoms. The molecule has 0 radical (unpaired) electrons. The molecule has 8 nitrogen and oxygen atoms in total. The Labute approximate surface area is 186 Å². The quantitative estimate of drug-likeness (QED) is 0.607. The van der Waals surface area contributed by atoms with Gasteiger partial charge in [-0.2, -0.15) is 0 Å². The second-order valence-corrected chi connectivity index (χ2v) is 7.59. The van der Waals surface area contributed by atoms with Crippen LogP contribution >= 0.6 is 0 Å². The normalized spacial score (nSPS) is 12.8. The van der Waals surface area contributed by atoms with E-state index in [0.717, 1.165) is 23.2 Å². The molecule has 4 rings (SSSR count). The van der Waals surface area contributed by atoms with Gasteiger partial charge in [-0.3, -0.25) is 9.59 Å². The van der Waals surface area contributed by atoms with Gasteiger partial charge in [0, 0.05) is 11.3 Å². The Balaban J connectivity index is 1.47. The first-order valence-electron chi connectivity index (χ1n) is 10.4. The van der Waals surface area contributed by atoms with Crippen LogP contribution in [0.25, 0.3) is 0 Å². The van der Waals surface area contributed by atoms with Crippen LogP contribution in [0.2, 0.25) is 0 Å². The summed E-state index contributed by atoms with van der Waals surface area (Å²) in [6, 6.07) is 12.8. The molecule has 1 aromatic heterocycles. The average molecular weight is 435 g/mol. The summed E-state index contributed by atoms with van der Waals surface area (Å²) in [6.45, 7) is 5.85. The smallest absolute Gasteiger partial charge is 0.265 e. The summed E-state index contributed by atoms with van der Waals surface area (Å²) in [4.78, 5) is 26.6. The van der Waals surface area contributed by atoms with Crippen LogP contribution in [-0.4, -0.2) is 30.2 Å². The summed E-state index contributed by atoms with van der Waals surface area (Å²) in [5.41, 5.74) is 3.85. The third-order valence-corrected chi connectivity index (χ3v) is 5.36. The molecule has 1 N–H and O–H groups in total. The maximum absolute atomic E-state index is 12.6. The number of aromatic nitrogens is 1. The lowest BCUT2D eigenvalue weighted by molar-refractivity contribution is -0.121. The summed E-state index contributed by atoms with van der Waals surface area (Å²) in [7, 11) is 0. The standard InChI is InChI=1S/C24H25N3O5/c1-4-17-6-5-7-19(10-17)30-13-23(28)25-18-8-9-22-21(11-18)27(24(29)14-31-22)12-20-15(2)26-32-16(20)3/h5-11H,4,12-14H2,1-3H3,(H,25,28). The lowest BCUT2D eigenvalue weighted by Crippen LogP contribution is -2.38. The Morgan fingerprint density at radius 3 is 2.81 bits per heavy atom. The molecule has 0 unspecified atom stereocenters. The number of carbonyl (C=O) groups excluding carboxylic acids is 2. The minimum Gasteiger partial charge on any atom is -0.484 e. The molecule has 0 atom stereocenters. The third-order valence-electron chi connectivity index (χ3n) is 5.36. The second-order valence-electron chi connectivity index (χ2n) is 7.59. The van der Waals surface area contributed by atoms with Gasteiger partial charge in [0.05, 0.1) is 17.9 Å². The second kappa shape index (κ2) is 9.13. The Hall–Kier alpha value is -3.81. The fourth-order valence-corrected chi connectivity index (χ4v) is 3.54. The molecule has 0 fully saturated rings. The van der Waals surface area contributed by atoms with Gasteiger partial charge in [0.15, 0.2) is 13.2 Å². The van der Waals surface area contributed by atoms with Gasteiger partial charge < -0.3 is 24.2 Å². The van der Waals surface area contributed by atoms with Crippen molar-refractivity contribution in [3.05, 3.63) is 65.0 Å². The monoisotopic (exact) mass is 435 g/mol. The van der Waals surface area contributed by atoms with Crippen molar-refractivity contribution in [2.24, 2.45) is 0 Å². The van der Waals surface area contributed by atoms with Crippen molar-refractivity contribution in [2.45, 2.75) is 33.7 Å². The maximum atomic E-state index is 12.6. The summed E-state index contributed by atoms with van der Waals surface area (Å²) in [5.74, 6) is 1.40. The average Bonchev–Trinajstić information content (AvgIpc) is 3.11. The summed E-state index contributed by atoms with van der Waals surface area (Å²) >= 11 is 0. The van der Waals surface area contributed by atoms with E-state index >= 15 is 0 Å². The Bertz CT molecular complexity index is 1130. The third kappa shape index (κ3) is 4.59. The van der Waals surface area contributed by atoms with Gasteiger partial charge in [-0.1, -0.05) is 24.2 Å². The van der Waals surface area contributed by atoms with E-state index < -0.39 is 0 Å². The number of ether oxygens (including phenoxy) is 2. The zero-order valence-corrected chi connectivity index (χ0v) is 18.3. The predicted octanol–water partition coefficient (Wildman–Crippen LogP) is 3.80. The van der Waals surface area contributed by atoms with E-state index in [1.165, 1.54) is 0 Å². The number of hydrogen-bond donors (Lipinski definition) is 1. The summed E-state index contributed by atoms with van der Waals surface area (Å²) < 4.78 is 16.4. The van der Waals surface area contributed by atoms with E-state index in [4.69, 9.17) is 14.0 Å². The first kappa shape index (κ1) is 21.4. The molecule has 0 aliphatic carbocycles. The van der Waals surface area contributed by atoms with Crippen LogP contribution in [0.15, 0.2) is 47.0 Å². The highest BCUT2D eigenvalue weighted by molar-refractivity contribution is 5.99. The first-order chi connectivity index (χ1) is 15.4. The molecule has 1 aliphatic rings. The summed E-state index contributed by atoms with van der Waals surface area (Å²) in [6.07, 6.45) is 0.893. The van der Waals surface area contributed by atoms with Gasteiger partial charge >= 0.3 is 0 Å². The van der Waals surface area contributed by atoms with E-state index in [-0.39, 0.29) is 25.0 Å². The Kier molecular flexibility index (Phi) is 6.11. The molecule has 1 aliphatic heterocycles. The van der Waals surface area contributed by atoms with E-state index in [0.29, 0.717) is 35.2 Å². The van der Waals surface area contributed by atoms with Crippen LogP contribution in [0.4, 0.5) is 11.4 Å². The number of amides is 2. The topological polar surface area (TPSA) is 93.9 Å². The van der Waals surface area contributed by atoms with Crippen LogP contribution in [0.3, 0.4) is 0 Å².